The Labute approximate surface area is 80.6 Å². The van der Waals surface area contributed by atoms with Gasteiger partial charge in [-0.25, -0.2) is 4.98 Å². The number of carbonyl (C=O) groups is 1. The van der Waals surface area contributed by atoms with Gasteiger partial charge in [0.05, 0.1) is 12.1 Å². The molecule has 0 aliphatic heterocycles. The van der Waals surface area contributed by atoms with Crippen molar-refractivity contribution in [2.24, 2.45) is 0 Å². The van der Waals surface area contributed by atoms with Crippen LogP contribution in [0.15, 0.2) is 0 Å². The molecule has 0 fully saturated rings. The van der Waals surface area contributed by atoms with Crippen molar-refractivity contribution in [3.8, 4) is 0 Å². The first-order valence-electron chi connectivity index (χ1n) is 4.05. The average Bonchev–Trinajstić information content (AvgIpc) is 2.31. The van der Waals surface area contributed by atoms with Gasteiger partial charge in [-0.3, -0.25) is 4.79 Å². The molecule has 13 heavy (non-hydrogen) atoms. The van der Waals surface area contributed by atoms with E-state index in [1.54, 1.807) is 0 Å². The molecule has 0 aromatic carbocycles. The molecule has 0 saturated heterocycles. The van der Waals surface area contributed by atoms with E-state index in [-0.39, 0.29) is 6.42 Å². The maximum absolute atomic E-state index is 10.4. The molecule has 0 aliphatic carbocycles. The molecule has 0 spiro atoms. The van der Waals surface area contributed by atoms with E-state index in [1.807, 2.05) is 13.8 Å². The second-order valence-corrected chi connectivity index (χ2v) is 3.71. The van der Waals surface area contributed by atoms with Gasteiger partial charge in [0.1, 0.15) is 0 Å². The van der Waals surface area contributed by atoms with Crippen LogP contribution in [0, 0.1) is 6.92 Å². The van der Waals surface area contributed by atoms with Gasteiger partial charge < -0.3 is 10.4 Å². The lowest BCUT2D eigenvalue weighted by Crippen LogP contribution is -1.99. The van der Waals surface area contributed by atoms with Gasteiger partial charge in [0.15, 0.2) is 5.13 Å². The summed E-state index contributed by atoms with van der Waals surface area (Å²) in [5.41, 5.74) is 0.809. The molecule has 1 heterocycles. The van der Waals surface area contributed by atoms with Gasteiger partial charge in [-0.2, -0.15) is 0 Å². The summed E-state index contributed by atoms with van der Waals surface area (Å²) < 4.78 is 0. The number of nitrogens with zero attached hydrogens (tertiary/aromatic N) is 1. The minimum atomic E-state index is -0.810. The summed E-state index contributed by atoms with van der Waals surface area (Å²) in [6.45, 7) is 4.61. The number of hydrogen-bond acceptors (Lipinski definition) is 4. The molecule has 0 atom stereocenters. The van der Waals surface area contributed by atoms with Crippen molar-refractivity contribution in [3.63, 3.8) is 0 Å². The maximum atomic E-state index is 10.4. The highest BCUT2D eigenvalue weighted by Gasteiger charge is 2.09. The summed E-state index contributed by atoms with van der Waals surface area (Å²) >= 11 is 1.41. The normalized spacial score (nSPS) is 10.0. The molecule has 1 aromatic heterocycles. The van der Waals surface area contributed by atoms with Crippen molar-refractivity contribution in [2.45, 2.75) is 20.3 Å². The third kappa shape index (κ3) is 2.69. The van der Waals surface area contributed by atoms with Crippen LogP contribution in [0.2, 0.25) is 0 Å². The van der Waals surface area contributed by atoms with Gasteiger partial charge in [-0.15, -0.1) is 11.3 Å². The first kappa shape index (κ1) is 9.98. The molecule has 0 bridgehead atoms. The van der Waals surface area contributed by atoms with Crippen LogP contribution >= 0.6 is 11.3 Å². The Bertz CT molecular complexity index is 309. The number of aliphatic carboxylic acids is 1. The minimum absolute atomic E-state index is 0.0644. The standard InChI is InChI=1S/C8H12N2O2S/c1-3-9-8-10-5(2)6(13-8)4-7(11)12/h3-4H2,1-2H3,(H,9,10)(H,11,12). The molecule has 72 valence electrons. The Balaban J connectivity index is 2.77. The zero-order valence-corrected chi connectivity index (χ0v) is 8.44. The highest BCUT2D eigenvalue weighted by atomic mass is 32.1. The van der Waals surface area contributed by atoms with Gasteiger partial charge in [-0.1, -0.05) is 0 Å². The minimum Gasteiger partial charge on any atom is -0.481 e. The van der Waals surface area contributed by atoms with Crippen LogP contribution in [0.1, 0.15) is 17.5 Å². The van der Waals surface area contributed by atoms with Crippen LogP contribution in [0.4, 0.5) is 5.13 Å². The lowest BCUT2D eigenvalue weighted by atomic mass is 10.3. The molecule has 0 amide bonds. The number of rotatable bonds is 4. The predicted octanol–water partition coefficient (Wildman–Crippen LogP) is 1.51. The van der Waals surface area contributed by atoms with E-state index in [9.17, 15) is 4.79 Å². The summed E-state index contributed by atoms with van der Waals surface area (Å²) in [6, 6.07) is 0. The van der Waals surface area contributed by atoms with Crippen LogP contribution in [-0.2, 0) is 11.2 Å². The van der Waals surface area contributed by atoms with Crippen LogP contribution in [0.3, 0.4) is 0 Å². The highest BCUT2D eigenvalue weighted by Crippen LogP contribution is 2.22. The summed E-state index contributed by atoms with van der Waals surface area (Å²) in [6.07, 6.45) is 0.0644. The average molecular weight is 200 g/mol. The first-order valence-corrected chi connectivity index (χ1v) is 4.87. The molecule has 0 unspecified atom stereocenters. The maximum Gasteiger partial charge on any atom is 0.308 e. The van der Waals surface area contributed by atoms with E-state index in [2.05, 4.69) is 10.3 Å². The van der Waals surface area contributed by atoms with Gasteiger partial charge in [0.25, 0.3) is 0 Å². The van der Waals surface area contributed by atoms with E-state index in [0.717, 1.165) is 22.2 Å². The SMILES string of the molecule is CCNc1nc(C)c(CC(=O)O)s1. The van der Waals surface area contributed by atoms with Gasteiger partial charge >= 0.3 is 5.97 Å². The van der Waals surface area contributed by atoms with Crippen LogP contribution in [0.5, 0.6) is 0 Å². The van der Waals surface area contributed by atoms with Crippen molar-refractivity contribution in [3.05, 3.63) is 10.6 Å². The fourth-order valence-corrected chi connectivity index (χ4v) is 1.98. The Morgan fingerprint density at radius 3 is 2.92 bits per heavy atom. The van der Waals surface area contributed by atoms with Crippen LogP contribution < -0.4 is 5.32 Å². The summed E-state index contributed by atoms with van der Waals surface area (Å²) in [5.74, 6) is -0.810. The van der Waals surface area contributed by atoms with E-state index >= 15 is 0 Å². The van der Waals surface area contributed by atoms with Gasteiger partial charge in [0.2, 0.25) is 0 Å². The number of anilines is 1. The Kier molecular flexibility index (Phi) is 3.25. The summed E-state index contributed by atoms with van der Waals surface area (Å²) in [5, 5.41) is 12.4. The Morgan fingerprint density at radius 2 is 2.38 bits per heavy atom. The Hall–Kier alpha value is -1.10. The number of thiazole rings is 1. The molecule has 0 aliphatic rings. The van der Waals surface area contributed by atoms with E-state index < -0.39 is 5.97 Å². The quantitative estimate of drug-likeness (QED) is 0.773. The molecule has 2 N–H and O–H groups in total. The molecule has 1 aromatic rings. The fourth-order valence-electron chi connectivity index (χ4n) is 0.956. The zero-order valence-electron chi connectivity index (χ0n) is 7.63. The topological polar surface area (TPSA) is 62.2 Å². The van der Waals surface area contributed by atoms with Crippen molar-refractivity contribution in [1.82, 2.24) is 4.98 Å². The second-order valence-electron chi connectivity index (χ2n) is 2.63. The molecular weight excluding hydrogens is 188 g/mol. The summed E-state index contributed by atoms with van der Waals surface area (Å²) in [7, 11) is 0. The number of carboxylic acid groups (broad SMARTS) is 1. The van der Waals surface area contributed by atoms with Crippen LogP contribution in [0.25, 0.3) is 0 Å². The van der Waals surface area contributed by atoms with Crippen molar-refractivity contribution in [2.75, 3.05) is 11.9 Å². The summed E-state index contributed by atoms with van der Waals surface area (Å²) in [4.78, 5) is 15.5. The molecule has 1 rings (SSSR count). The molecule has 0 saturated carbocycles. The second kappa shape index (κ2) is 4.23. The van der Waals surface area contributed by atoms with Crippen molar-refractivity contribution >= 4 is 22.4 Å². The van der Waals surface area contributed by atoms with Crippen molar-refractivity contribution < 1.29 is 9.90 Å². The molecule has 4 nitrogen and oxygen atoms in total. The zero-order chi connectivity index (χ0) is 9.84. The van der Waals surface area contributed by atoms with Gasteiger partial charge in [-0.05, 0) is 13.8 Å². The number of nitrogens with one attached hydrogen (secondary N) is 1. The van der Waals surface area contributed by atoms with Crippen molar-refractivity contribution in [1.29, 1.82) is 0 Å². The predicted molar refractivity (Wildman–Crippen MR) is 52.4 cm³/mol. The Morgan fingerprint density at radius 1 is 1.69 bits per heavy atom. The van der Waals surface area contributed by atoms with E-state index in [1.165, 1.54) is 11.3 Å². The fraction of sp³-hybridized carbons (Fsp3) is 0.500. The van der Waals surface area contributed by atoms with E-state index in [4.69, 9.17) is 5.11 Å². The number of carboxylic acids is 1. The lowest BCUT2D eigenvalue weighted by molar-refractivity contribution is -0.136. The van der Waals surface area contributed by atoms with Crippen LogP contribution in [-0.4, -0.2) is 22.6 Å². The number of hydrogen-bond donors (Lipinski definition) is 2. The first-order chi connectivity index (χ1) is 6.13. The van der Waals surface area contributed by atoms with E-state index in [0.29, 0.717) is 0 Å². The molecule has 5 heteroatoms. The third-order valence-electron chi connectivity index (χ3n) is 1.53. The lowest BCUT2D eigenvalue weighted by Gasteiger charge is -1.92. The largest absolute Gasteiger partial charge is 0.481 e. The smallest absolute Gasteiger partial charge is 0.308 e. The monoisotopic (exact) mass is 200 g/mol. The third-order valence-corrected chi connectivity index (χ3v) is 2.65. The molecular formula is C8H12N2O2S. The number of aryl methyl sites for hydroxylation is 1. The van der Waals surface area contributed by atoms with Gasteiger partial charge in [0, 0.05) is 11.4 Å². The highest BCUT2D eigenvalue weighted by molar-refractivity contribution is 7.15. The number of aromatic nitrogens is 1. The molecule has 0 radical (unpaired) electrons.